The number of benzene rings is 2. The summed E-state index contributed by atoms with van der Waals surface area (Å²) in [7, 11) is -3.43. The van der Waals surface area contributed by atoms with Gasteiger partial charge in [0.15, 0.2) is 14.9 Å². The topological polar surface area (TPSA) is 116 Å². The van der Waals surface area contributed by atoms with Crippen molar-refractivity contribution in [2.24, 2.45) is 0 Å². The number of nitrogens with zero attached hydrogens (tertiary/aromatic N) is 3. The highest BCUT2D eigenvalue weighted by Gasteiger charge is 2.50. The molecule has 2 aliphatic carbocycles. The van der Waals surface area contributed by atoms with Gasteiger partial charge in [0.05, 0.1) is 22.6 Å². The predicted octanol–water partition coefficient (Wildman–Crippen LogP) is 6.47. The van der Waals surface area contributed by atoms with Crippen molar-refractivity contribution in [1.82, 2.24) is 20.1 Å². The van der Waals surface area contributed by atoms with Crippen molar-refractivity contribution in [1.29, 1.82) is 0 Å². The second-order valence-corrected chi connectivity index (χ2v) is 14.1. The smallest absolute Gasteiger partial charge is 0.408 e. The Kier molecular flexibility index (Phi) is 6.33. The van der Waals surface area contributed by atoms with E-state index in [1.54, 1.807) is 4.90 Å². The van der Waals surface area contributed by atoms with Crippen LogP contribution in [0.1, 0.15) is 56.9 Å². The summed E-state index contributed by atoms with van der Waals surface area (Å²) in [6, 6.07) is 20.3. The molecule has 0 saturated heterocycles. The maximum Gasteiger partial charge on any atom is 0.408 e. The zero-order valence-electron chi connectivity index (χ0n) is 23.7. The number of carbonyl (C=O) groups is 1. The fourth-order valence-electron chi connectivity index (χ4n) is 6.56. The molecular formula is C32H34N4O4S. The lowest BCUT2D eigenvalue weighted by atomic mass is 9.69. The summed E-state index contributed by atoms with van der Waals surface area (Å²) >= 11 is 0. The van der Waals surface area contributed by atoms with Gasteiger partial charge >= 0.3 is 6.09 Å². The summed E-state index contributed by atoms with van der Waals surface area (Å²) in [5.41, 5.74) is 6.68. The monoisotopic (exact) mass is 570 g/mol. The molecule has 2 aromatic heterocycles. The average Bonchev–Trinajstić information content (AvgIpc) is 3.35. The summed E-state index contributed by atoms with van der Waals surface area (Å²) in [4.78, 5) is 19.2. The van der Waals surface area contributed by atoms with Gasteiger partial charge in [-0.05, 0) is 70.1 Å². The molecule has 0 bridgehead atoms. The van der Waals surface area contributed by atoms with Crippen LogP contribution in [0.3, 0.4) is 0 Å². The third kappa shape index (κ3) is 4.52. The van der Waals surface area contributed by atoms with Crippen molar-refractivity contribution in [2.75, 3.05) is 6.26 Å². The van der Waals surface area contributed by atoms with Crippen molar-refractivity contribution < 1.29 is 18.3 Å². The van der Waals surface area contributed by atoms with Crippen molar-refractivity contribution >= 4 is 15.9 Å². The van der Waals surface area contributed by atoms with Crippen molar-refractivity contribution in [3.63, 3.8) is 0 Å². The van der Waals surface area contributed by atoms with Gasteiger partial charge in [-0.15, -0.1) is 0 Å². The van der Waals surface area contributed by atoms with E-state index in [0.29, 0.717) is 24.1 Å². The summed E-state index contributed by atoms with van der Waals surface area (Å²) in [5, 5.41) is 17.5. The number of aryl methyl sites for hydroxylation is 1. The van der Waals surface area contributed by atoms with Crippen LogP contribution in [0.4, 0.5) is 4.79 Å². The number of sulfone groups is 1. The summed E-state index contributed by atoms with van der Waals surface area (Å²) in [6.45, 7) is 5.84. The lowest BCUT2D eigenvalue weighted by Gasteiger charge is -2.54. The van der Waals surface area contributed by atoms with E-state index >= 15 is 0 Å². The summed E-state index contributed by atoms with van der Waals surface area (Å²) in [5.74, 6) is 0. The van der Waals surface area contributed by atoms with Gasteiger partial charge in [-0.2, -0.15) is 5.10 Å². The van der Waals surface area contributed by atoms with E-state index < -0.39 is 27.0 Å². The van der Waals surface area contributed by atoms with E-state index in [-0.39, 0.29) is 5.03 Å². The van der Waals surface area contributed by atoms with Crippen LogP contribution in [0, 0.1) is 0 Å². The Morgan fingerprint density at radius 3 is 2.20 bits per heavy atom. The second kappa shape index (κ2) is 9.55. The number of nitrogens with one attached hydrogen (secondary N) is 1. The Morgan fingerprint density at radius 1 is 0.951 bits per heavy atom. The Hall–Kier alpha value is -3.98. The molecule has 2 heterocycles. The van der Waals surface area contributed by atoms with Crippen molar-refractivity contribution in [2.45, 2.75) is 69.0 Å². The molecule has 9 heteroatoms. The fraction of sp³-hybridized carbons (Fsp3) is 0.344. The third-order valence-electron chi connectivity index (χ3n) is 8.42. The molecule has 0 spiro atoms. The van der Waals surface area contributed by atoms with Gasteiger partial charge in [0.1, 0.15) is 0 Å². The first kappa shape index (κ1) is 27.2. The van der Waals surface area contributed by atoms with Crippen LogP contribution in [0.25, 0.3) is 33.6 Å². The molecule has 1 amide bonds. The number of fused-ring (bicyclic) bond motifs is 3. The molecular weight excluding hydrogens is 536 g/mol. The van der Waals surface area contributed by atoms with Crippen LogP contribution < -0.4 is 0 Å². The minimum Gasteiger partial charge on any atom is -0.465 e. The fourth-order valence-corrected chi connectivity index (χ4v) is 7.42. The summed E-state index contributed by atoms with van der Waals surface area (Å²) in [6.07, 6.45) is 4.02. The van der Waals surface area contributed by atoms with E-state index in [9.17, 15) is 18.3 Å². The van der Waals surface area contributed by atoms with E-state index in [4.69, 9.17) is 4.98 Å². The number of rotatable bonds is 5. The van der Waals surface area contributed by atoms with Crippen LogP contribution in [0.5, 0.6) is 0 Å². The molecule has 1 fully saturated rings. The zero-order valence-corrected chi connectivity index (χ0v) is 24.5. The number of aromatic nitrogens is 3. The van der Waals surface area contributed by atoms with Gasteiger partial charge in [0.2, 0.25) is 0 Å². The van der Waals surface area contributed by atoms with Crippen molar-refractivity contribution in [3.8, 4) is 33.6 Å². The molecule has 4 aromatic rings. The molecule has 1 saturated carbocycles. The number of carboxylic acid groups (broad SMARTS) is 1. The molecule has 6 rings (SSSR count). The van der Waals surface area contributed by atoms with Gasteiger partial charge in [-0.3, -0.25) is 15.0 Å². The Labute approximate surface area is 240 Å². The lowest BCUT2D eigenvalue weighted by Crippen LogP contribution is -2.60. The number of aromatic amines is 1. The molecule has 0 unspecified atom stereocenters. The van der Waals surface area contributed by atoms with Crippen LogP contribution in [0.2, 0.25) is 0 Å². The van der Waals surface area contributed by atoms with Crippen molar-refractivity contribution in [3.05, 3.63) is 77.5 Å². The van der Waals surface area contributed by atoms with E-state index in [2.05, 4.69) is 28.4 Å². The highest BCUT2D eigenvalue weighted by molar-refractivity contribution is 7.90. The molecule has 41 heavy (non-hydrogen) atoms. The van der Waals surface area contributed by atoms with E-state index in [1.165, 1.54) is 6.26 Å². The lowest BCUT2D eigenvalue weighted by molar-refractivity contribution is -0.0328. The predicted molar refractivity (Wildman–Crippen MR) is 158 cm³/mol. The number of hydrogen-bond acceptors (Lipinski definition) is 5. The van der Waals surface area contributed by atoms with Gasteiger partial charge in [-0.1, -0.05) is 54.6 Å². The quantitative estimate of drug-likeness (QED) is 0.284. The Bertz CT molecular complexity index is 1750. The Balaban J connectivity index is 1.47. The second-order valence-electron chi connectivity index (χ2n) is 12.1. The van der Waals surface area contributed by atoms with Crippen LogP contribution in [0.15, 0.2) is 65.7 Å². The largest absolute Gasteiger partial charge is 0.465 e. The van der Waals surface area contributed by atoms with Gasteiger partial charge < -0.3 is 5.11 Å². The highest BCUT2D eigenvalue weighted by Crippen LogP contribution is 2.50. The standard InChI is InChI=1S/C32H34N4O4S/c1-31(2,3)36(30(37)38)32(17-8-18-32)22-13-11-21(12-14-22)27-24(20-9-6-5-7-10-20)19-25-26(33-27)16-15-23-28(25)34-35-29(23)41(4,39)40/h5-7,9-14,19H,8,15-18H2,1-4H3,(H,34,35)(H,37,38). The number of hydrogen-bond donors (Lipinski definition) is 2. The van der Waals surface area contributed by atoms with Gasteiger partial charge in [0, 0.05) is 34.0 Å². The first-order valence-corrected chi connectivity index (χ1v) is 15.8. The van der Waals surface area contributed by atoms with Crippen LogP contribution in [-0.2, 0) is 28.2 Å². The maximum atomic E-state index is 12.4. The van der Waals surface area contributed by atoms with Crippen LogP contribution in [-0.4, -0.2) is 51.5 Å². The zero-order chi connectivity index (χ0) is 29.2. The van der Waals surface area contributed by atoms with Crippen LogP contribution >= 0.6 is 0 Å². The number of H-pyrrole nitrogens is 1. The normalized spacial score (nSPS) is 15.9. The minimum atomic E-state index is -3.43. The average molecular weight is 571 g/mol. The molecule has 0 aliphatic heterocycles. The highest BCUT2D eigenvalue weighted by atomic mass is 32.2. The first-order chi connectivity index (χ1) is 19.4. The van der Waals surface area contributed by atoms with Gasteiger partial charge in [-0.25, -0.2) is 13.2 Å². The Morgan fingerprint density at radius 2 is 1.63 bits per heavy atom. The van der Waals surface area contributed by atoms with E-state index in [0.717, 1.165) is 58.5 Å². The van der Waals surface area contributed by atoms with E-state index in [1.807, 2.05) is 63.2 Å². The summed E-state index contributed by atoms with van der Waals surface area (Å²) < 4.78 is 24.7. The number of amides is 1. The molecule has 2 aromatic carbocycles. The third-order valence-corrected chi connectivity index (χ3v) is 9.50. The molecule has 8 nitrogen and oxygen atoms in total. The molecule has 0 atom stereocenters. The first-order valence-electron chi connectivity index (χ1n) is 13.9. The molecule has 212 valence electrons. The molecule has 2 N–H and O–H groups in total. The SMILES string of the molecule is CC(C)(C)N(C(=O)O)C1(c2ccc(-c3nc4c(cc3-c3ccccc3)-c3n[nH]c(S(C)(=O)=O)c3CC4)cc2)CCC1. The molecule has 2 aliphatic rings. The molecule has 0 radical (unpaired) electrons. The minimum absolute atomic E-state index is 0.176. The van der Waals surface area contributed by atoms with Gasteiger partial charge in [0.25, 0.3) is 0 Å². The maximum absolute atomic E-state index is 12.4. The number of pyridine rings is 1.